The van der Waals surface area contributed by atoms with Gasteiger partial charge < -0.3 is 9.90 Å². The van der Waals surface area contributed by atoms with Gasteiger partial charge in [-0.05, 0) is 24.7 Å². The van der Waals surface area contributed by atoms with Gasteiger partial charge in [-0.2, -0.15) is 0 Å². The van der Waals surface area contributed by atoms with Crippen LogP contribution in [-0.4, -0.2) is 5.97 Å². The minimum absolute atomic E-state index is 0. The predicted molar refractivity (Wildman–Crippen MR) is 36.1 cm³/mol. The fourth-order valence-electron chi connectivity index (χ4n) is 1.65. The van der Waals surface area contributed by atoms with Crippen LogP contribution in [0.3, 0.4) is 0 Å². The van der Waals surface area contributed by atoms with E-state index in [-0.39, 0.29) is 35.5 Å². The molecule has 11 heavy (non-hydrogen) atoms. The second-order valence-electron chi connectivity index (χ2n) is 3.29. The molecule has 0 spiro atoms. The van der Waals surface area contributed by atoms with Gasteiger partial charge >= 0.3 is 29.6 Å². The van der Waals surface area contributed by atoms with Crippen LogP contribution in [0.4, 0.5) is 0 Å². The second kappa shape index (κ2) is 5.18. The van der Waals surface area contributed by atoms with Gasteiger partial charge in [-0.15, -0.1) is 0 Å². The SMILES string of the molecule is CC1CCCC(C(=O)[O-])C1.[Na+]. The summed E-state index contributed by atoms with van der Waals surface area (Å²) in [5.74, 6) is -0.438. The van der Waals surface area contributed by atoms with Gasteiger partial charge in [0, 0.05) is 5.97 Å². The fourth-order valence-corrected chi connectivity index (χ4v) is 1.65. The molecule has 0 aliphatic heterocycles. The zero-order valence-corrected chi connectivity index (χ0v) is 9.30. The zero-order valence-electron chi connectivity index (χ0n) is 7.30. The van der Waals surface area contributed by atoms with E-state index < -0.39 is 5.97 Å². The molecule has 0 radical (unpaired) electrons. The Hall–Kier alpha value is 0.470. The first-order valence-electron chi connectivity index (χ1n) is 3.91. The van der Waals surface area contributed by atoms with Crippen LogP contribution in [0.25, 0.3) is 0 Å². The molecule has 1 aliphatic rings. The van der Waals surface area contributed by atoms with Gasteiger partial charge in [0.15, 0.2) is 0 Å². The van der Waals surface area contributed by atoms with Crippen molar-refractivity contribution < 1.29 is 39.5 Å². The number of carboxylic acid groups (broad SMARTS) is 1. The molecule has 0 N–H and O–H groups in total. The Bertz CT molecular complexity index is 136. The van der Waals surface area contributed by atoms with Crippen molar-refractivity contribution in [2.45, 2.75) is 32.6 Å². The van der Waals surface area contributed by atoms with E-state index in [2.05, 4.69) is 6.92 Å². The number of hydrogen-bond donors (Lipinski definition) is 0. The fraction of sp³-hybridized carbons (Fsp3) is 0.875. The third-order valence-electron chi connectivity index (χ3n) is 2.27. The van der Waals surface area contributed by atoms with Gasteiger partial charge in [-0.1, -0.05) is 19.8 Å². The van der Waals surface area contributed by atoms with Gasteiger partial charge in [-0.3, -0.25) is 0 Å². The molecule has 0 heterocycles. The van der Waals surface area contributed by atoms with Crippen molar-refractivity contribution in [1.82, 2.24) is 0 Å². The van der Waals surface area contributed by atoms with Gasteiger partial charge in [-0.25, -0.2) is 0 Å². The minimum Gasteiger partial charge on any atom is -0.550 e. The summed E-state index contributed by atoms with van der Waals surface area (Å²) in [4.78, 5) is 10.4. The Morgan fingerprint density at radius 3 is 2.45 bits per heavy atom. The molecular formula is C8H13NaO2. The summed E-state index contributed by atoms with van der Waals surface area (Å²) in [5.41, 5.74) is 0. The maximum Gasteiger partial charge on any atom is 1.00 e. The first kappa shape index (κ1) is 11.5. The Morgan fingerprint density at radius 2 is 2.09 bits per heavy atom. The van der Waals surface area contributed by atoms with E-state index in [4.69, 9.17) is 0 Å². The molecule has 2 nitrogen and oxygen atoms in total. The maximum atomic E-state index is 10.4. The first-order chi connectivity index (χ1) is 4.70. The van der Waals surface area contributed by atoms with Crippen LogP contribution in [0.2, 0.25) is 0 Å². The number of carboxylic acids is 1. The van der Waals surface area contributed by atoms with E-state index in [1.54, 1.807) is 0 Å². The van der Waals surface area contributed by atoms with Crippen molar-refractivity contribution >= 4 is 5.97 Å². The molecule has 2 atom stereocenters. The van der Waals surface area contributed by atoms with Crippen molar-refractivity contribution in [2.75, 3.05) is 0 Å². The second-order valence-corrected chi connectivity index (χ2v) is 3.29. The molecule has 2 unspecified atom stereocenters. The standard InChI is InChI=1S/C8H14O2.Na/c1-6-3-2-4-7(5-6)8(9)10;/h6-7H,2-5H2,1H3,(H,9,10);/q;+1/p-1. The molecule has 1 fully saturated rings. The number of carbonyl (C=O) groups is 1. The third-order valence-corrected chi connectivity index (χ3v) is 2.27. The smallest absolute Gasteiger partial charge is 0.550 e. The third kappa shape index (κ3) is 3.59. The van der Waals surface area contributed by atoms with Crippen LogP contribution in [0.1, 0.15) is 32.6 Å². The molecular weight excluding hydrogens is 151 g/mol. The number of rotatable bonds is 1. The molecule has 0 aromatic rings. The average Bonchev–Trinajstić information content (AvgIpc) is 1.88. The summed E-state index contributed by atoms with van der Waals surface area (Å²) in [7, 11) is 0. The molecule has 0 aromatic heterocycles. The summed E-state index contributed by atoms with van der Waals surface area (Å²) < 4.78 is 0. The number of hydrogen-bond acceptors (Lipinski definition) is 2. The molecule has 0 aromatic carbocycles. The number of aliphatic carboxylic acids is 1. The Balaban J connectivity index is 0.000001000. The summed E-state index contributed by atoms with van der Waals surface area (Å²) in [6.45, 7) is 2.11. The van der Waals surface area contributed by atoms with Gasteiger partial charge in [0.1, 0.15) is 0 Å². The number of carbonyl (C=O) groups excluding carboxylic acids is 1. The zero-order chi connectivity index (χ0) is 7.56. The molecule has 0 saturated heterocycles. The normalized spacial score (nSPS) is 30.6. The quantitative estimate of drug-likeness (QED) is 0.404. The van der Waals surface area contributed by atoms with E-state index >= 15 is 0 Å². The summed E-state index contributed by atoms with van der Waals surface area (Å²) in [6, 6.07) is 0. The minimum atomic E-state index is -0.855. The molecule has 0 amide bonds. The van der Waals surface area contributed by atoms with Gasteiger partial charge in [0.25, 0.3) is 0 Å². The molecule has 1 aliphatic carbocycles. The Labute approximate surface area is 89.7 Å². The van der Waals surface area contributed by atoms with Crippen LogP contribution in [0.15, 0.2) is 0 Å². The first-order valence-corrected chi connectivity index (χ1v) is 3.91. The summed E-state index contributed by atoms with van der Waals surface area (Å²) >= 11 is 0. The van der Waals surface area contributed by atoms with Crippen LogP contribution in [0, 0.1) is 11.8 Å². The van der Waals surface area contributed by atoms with Crippen molar-refractivity contribution in [2.24, 2.45) is 11.8 Å². The predicted octanol–water partition coefficient (Wildman–Crippen LogP) is -2.43. The molecule has 1 saturated carbocycles. The maximum absolute atomic E-state index is 10.4. The Kier molecular flexibility index (Phi) is 5.40. The van der Waals surface area contributed by atoms with E-state index in [0.29, 0.717) is 5.92 Å². The Morgan fingerprint density at radius 1 is 1.45 bits per heavy atom. The van der Waals surface area contributed by atoms with Crippen LogP contribution < -0.4 is 34.7 Å². The molecule has 1 rings (SSSR count). The van der Waals surface area contributed by atoms with E-state index in [9.17, 15) is 9.90 Å². The van der Waals surface area contributed by atoms with E-state index in [0.717, 1.165) is 19.3 Å². The monoisotopic (exact) mass is 164 g/mol. The topological polar surface area (TPSA) is 40.1 Å². The van der Waals surface area contributed by atoms with Crippen molar-refractivity contribution in [3.8, 4) is 0 Å². The summed E-state index contributed by atoms with van der Waals surface area (Å²) in [5, 5.41) is 10.4. The van der Waals surface area contributed by atoms with Crippen molar-refractivity contribution in [3.05, 3.63) is 0 Å². The van der Waals surface area contributed by atoms with E-state index in [1.807, 2.05) is 0 Å². The molecule has 3 heteroatoms. The van der Waals surface area contributed by atoms with Crippen LogP contribution >= 0.6 is 0 Å². The van der Waals surface area contributed by atoms with Crippen LogP contribution in [-0.2, 0) is 4.79 Å². The largest absolute Gasteiger partial charge is 1.00 e. The van der Waals surface area contributed by atoms with Crippen LogP contribution in [0.5, 0.6) is 0 Å². The van der Waals surface area contributed by atoms with Gasteiger partial charge in [0.2, 0.25) is 0 Å². The molecule has 58 valence electrons. The summed E-state index contributed by atoms with van der Waals surface area (Å²) in [6.07, 6.45) is 3.89. The van der Waals surface area contributed by atoms with E-state index in [1.165, 1.54) is 6.42 Å². The average molecular weight is 164 g/mol. The molecule has 0 bridgehead atoms. The van der Waals surface area contributed by atoms with Crippen molar-refractivity contribution in [1.29, 1.82) is 0 Å². The van der Waals surface area contributed by atoms with Gasteiger partial charge in [0.05, 0.1) is 0 Å². The van der Waals surface area contributed by atoms with Crippen molar-refractivity contribution in [3.63, 3.8) is 0 Å².